The molecule has 7 heteroatoms. The fourth-order valence-corrected chi connectivity index (χ4v) is 3.92. The Bertz CT molecular complexity index is 642. The third kappa shape index (κ3) is 2.95. The summed E-state index contributed by atoms with van der Waals surface area (Å²) < 4.78 is 26.5. The molecule has 1 amide bonds. The summed E-state index contributed by atoms with van der Waals surface area (Å²) in [5.41, 5.74) is 1.38. The quantitative estimate of drug-likeness (QED) is 0.824. The fourth-order valence-electron chi connectivity index (χ4n) is 2.40. The molecule has 0 aliphatic carbocycles. The lowest BCUT2D eigenvalue weighted by molar-refractivity contribution is -0.116. The van der Waals surface area contributed by atoms with Gasteiger partial charge in [0.05, 0.1) is 10.8 Å². The van der Waals surface area contributed by atoms with Crippen LogP contribution in [0.1, 0.15) is 31.7 Å². The molecular formula is C14H20N2O4S. The molecule has 0 aromatic heterocycles. The zero-order valence-electron chi connectivity index (χ0n) is 12.2. The second-order valence-electron chi connectivity index (χ2n) is 5.03. The van der Waals surface area contributed by atoms with Gasteiger partial charge in [-0.1, -0.05) is 6.92 Å². The highest BCUT2D eigenvalue weighted by atomic mass is 32.2. The van der Waals surface area contributed by atoms with Crippen LogP contribution in [-0.4, -0.2) is 43.4 Å². The highest BCUT2D eigenvalue weighted by molar-refractivity contribution is 7.89. The first kappa shape index (κ1) is 15.9. The van der Waals surface area contributed by atoms with Gasteiger partial charge < -0.3 is 10.4 Å². The Morgan fingerprint density at radius 3 is 2.71 bits per heavy atom. The highest BCUT2D eigenvalue weighted by Gasteiger charge is 2.30. The van der Waals surface area contributed by atoms with E-state index in [-0.39, 0.29) is 29.9 Å². The summed E-state index contributed by atoms with van der Waals surface area (Å²) >= 11 is 0. The van der Waals surface area contributed by atoms with Crippen molar-refractivity contribution in [3.8, 4) is 0 Å². The zero-order chi connectivity index (χ0) is 15.6. The monoisotopic (exact) mass is 312 g/mol. The van der Waals surface area contributed by atoms with Crippen LogP contribution in [0.25, 0.3) is 0 Å². The number of hydrogen-bond acceptors (Lipinski definition) is 4. The van der Waals surface area contributed by atoms with Crippen LogP contribution >= 0.6 is 0 Å². The third-order valence-corrected chi connectivity index (χ3v) is 5.67. The summed E-state index contributed by atoms with van der Waals surface area (Å²) in [5, 5.41) is 11.6. The van der Waals surface area contributed by atoms with Crippen LogP contribution in [0.5, 0.6) is 0 Å². The van der Waals surface area contributed by atoms with Crippen LogP contribution in [0.3, 0.4) is 0 Å². The van der Waals surface area contributed by atoms with E-state index >= 15 is 0 Å². The molecule has 1 atom stereocenters. The second-order valence-corrected chi connectivity index (χ2v) is 6.97. The number of rotatable bonds is 6. The van der Waals surface area contributed by atoms with E-state index < -0.39 is 10.0 Å². The van der Waals surface area contributed by atoms with Gasteiger partial charge in [-0.15, -0.1) is 0 Å². The van der Waals surface area contributed by atoms with Crippen molar-refractivity contribution >= 4 is 21.6 Å². The first-order chi connectivity index (χ1) is 9.91. The molecule has 1 unspecified atom stereocenters. The van der Waals surface area contributed by atoms with Crippen molar-refractivity contribution < 1.29 is 18.3 Å². The Hall–Kier alpha value is -1.44. The largest absolute Gasteiger partial charge is 0.396 e. The molecule has 1 heterocycles. The summed E-state index contributed by atoms with van der Waals surface area (Å²) in [6.45, 7) is 4.08. The molecule has 0 fully saturated rings. The number of anilines is 1. The van der Waals surface area contributed by atoms with Crippen molar-refractivity contribution in [2.45, 2.75) is 31.1 Å². The minimum Gasteiger partial charge on any atom is -0.396 e. The van der Waals surface area contributed by atoms with Gasteiger partial charge in [-0.05, 0) is 37.1 Å². The van der Waals surface area contributed by atoms with E-state index in [1.807, 2.05) is 0 Å². The van der Waals surface area contributed by atoms with Crippen molar-refractivity contribution in [2.24, 2.45) is 0 Å². The summed E-state index contributed by atoms with van der Waals surface area (Å²) in [6, 6.07) is 4.70. The first-order valence-corrected chi connectivity index (χ1v) is 8.41. The molecule has 2 rings (SSSR count). The molecule has 1 aliphatic heterocycles. The summed E-state index contributed by atoms with van der Waals surface area (Å²) in [4.78, 5) is 11.8. The average Bonchev–Trinajstić information content (AvgIpc) is 2.74. The van der Waals surface area contributed by atoms with Gasteiger partial charge in [-0.25, -0.2) is 8.42 Å². The average molecular weight is 312 g/mol. The molecule has 2 N–H and O–H groups in total. The Labute approximate surface area is 124 Å². The fraction of sp³-hybridized carbons (Fsp3) is 0.500. The van der Waals surface area contributed by atoms with Crippen LogP contribution in [0.4, 0.5) is 5.69 Å². The van der Waals surface area contributed by atoms with Gasteiger partial charge in [0.15, 0.2) is 0 Å². The first-order valence-electron chi connectivity index (χ1n) is 6.97. The summed E-state index contributed by atoms with van der Waals surface area (Å²) in [6.07, 6.45) is 0.397. The molecule has 0 spiro atoms. The van der Waals surface area contributed by atoms with E-state index in [1.165, 1.54) is 10.4 Å². The van der Waals surface area contributed by atoms with E-state index in [0.717, 1.165) is 0 Å². The van der Waals surface area contributed by atoms with Gasteiger partial charge in [0, 0.05) is 25.4 Å². The third-order valence-electron chi connectivity index (χ3n) is 3.70. The summed E-state index contributed by atoms with van der Waals surface area (Å²) in [7, 11) is -3.60. The van der Waals surface area contributed by atoms with Gasteiger partial charge in [0.2, 0.25) is 15.9 Å². The van der Waals surface area contributed by atoms with Gasteiger partial charge in [0.1, 0.15) is 0 Å². The molecule has 0 bridgehead atoms. The normalized spacial score (nSPS) is 17.9. The molecule has 116 valence electrons. The highest BCUT2D eigenvalue weighted by Crippen LogP contribution is 2.34. The maximum absolute atomic E-state index is 12.6. The smallest absolute Gasteiger partial charge is 0.243 e. The van der Waals surface area contributed by atoms with Crippen molar-refractivity contribution in [3.05, 3.63) is 23.8 Å². The standard InChI is InChI=1S/C14H20N2O4S/c1-3-16(7-4-8-17)21(19,20)11-5-6-13-12(9-11)10(2)14(18)15-13/h5-6,9-10,17H,3-4,7-8H2,1-2H3,(H,15,18). The molecule has 6 nitrogen and oxygen atoms in total. The number of aliphatic hydroxyl groups is 1. The lowest BCUT2D eigenvalue weighted by atomic mass is 10.0. The lowest BCUT2D eigenvalue weighted by Crippen LogP contribution is -2.32. The van der Waals surface area contributed by atoms with Crippen LogP contribution in [0.15, 0.2) is 23.1 Å². The number of hydrogen-bond donors (Lipinski definition) is 2. The van der Waals surface area contributed by atoms with Crippen molar-refractivity contribution in [1.29, 1.82) is 0 Å². The molecule has 1 aromatic rings. The Balaban J connectivity index is 2.35. The SMILES string of the molecule is CCN(CCCO)S(=O)(=O)c1ccc2c(c1)C(C)C(=O)N2. The van der Waals surface area contributed by atoms with Gasteiger partial charge in [0.25, 0.3) is 0 Å². The number of nitrogens with one attached hydrogen (secondary N) is 1. The number of sulfonamides is 1. The number of carbonyl (C=O) groups excluding carboxylic acids is 1. The Kier molecular flexibility index (Phi) is 4.65. The number of benzene rings is 1. The zero-order valence-corrected chi connectivity index (χ0v) is 13.0. The maximum Gasteiger partial charge on any atom is 0.243 e. The van der Waals surface area contributed by atoms with Gasteiger partial charge in [-0.2, -0.15) is 4.31 Å². The lowest BCUT2D eigenvalue weighted by Gasteiger charge is -2.20. The number of amides is 1. The molecular weight excluding hydrogens is 292 g/mol. The van der Waals surface area contributed by atoms with Crippen LogP contribution in [0, 0.1) is 0 Å². The molecule has 0 saturated carbocycles. The van der Waals surface area contributed by atoms with Gasteiger partial charge in [-0.3, -0.25) is 4.79 Å². The number of fused-ring (bicyclic) bond motifs is 1. The van der Waals surface area contributed by atoms with E-state index in [9.17, 15) is 13.2 Å². The van der Waals surface area contributed by atoms with E-state index in [4.69, 9.17) is 5.11 Å². The predicted molar refractivity (Wildman–Crippen MR) is 79.6 cm³/mol. The second kappa shape index (κ2) is 6.13. The van der Waals surface area contributed by atoms with Gasteiger partial charge >= 0.3 is 0 Å². The molecule has 1 aliphatic rings. The Morgan fingerprint density at radius 2 is 2.10 bits per heavy atom. The molecule has 0 saturated heterocycles. The van der Waals surface area contributed by atoms with E-state index in [0.29, 0.717) is 24.2 Å². The number of aliphatic hydroxyl groups excluding tert-OH is 1. The van der Waals surface area contributed by atoms with E-state index in [2.05, 4.69) is 5.32 Å². The van der Waals surface area contributed by atoms with E-state index in [1.54, 1.807) is 26.0 Å². The maximum atomic E-state index is 12.6. The minimum absolute atomic E-state index is 0.0499. The number of carbonyl (C=O) groups is 1. The van der Waals surface area contributed by atoms with Crippen molar-refractivity contribution in [1.82, 2.24) is 4.31 Å². The van der Waals surface area contributed by atoms with Crippen LogP contribution < -0.4 is 5.32 Å². The van der Waals surface area contributed by atoms with Crippen molar-refractivity contribution in [3.63, 3.8) is 0 Å². The van der Waals surface area contributed by atoms with Crippen molar-refractivity contribution in [2.75, 3.05) is 25.0 Å². The summed E-state index contributed by atoms with van der Waals surface area (Å²) in [5.74, 6) is -0.463. The van der Waals surface area contributed by atoms with Crippen LogP contribution in [0.2, 0.25) is 0 Å². The predicted octanol–water partition coefficient (Wildman–Crippen LogP) is 1.14. The molecule has 1 aromatic carbocycles. The molecule has 0 radical (unpaired) electrons. The Morgan fingerprint density at radius 1 is 1.38 bits per heavy atom. The minimum atomic E-state index is -3.60. The number of nitrogens with zero attached hydrogens (tertiary/aromatic N) is 1. The topological polar surface area (TPSA) is 86.7 Å². The van der Waals surface area contributed by atoms with Crippen LogP contribution in [-0.2, 0) is 14.8 Å². The molecule has 21 heavy (non-hydrogen) atoms.